The van der Waals surface area contributed by atoms with Gasteiger partial charge in [-0.3, -0.25) is 14.5 Å². The van der Waals surface area contributed by atoms with Crippen LogP contribution in [-0.4, -0.2) is 79.9 Å². The second-order valence-electron chi connectivity index (χ2n) is 13.0. The molecule has 2 saturated carbocycles. The van der Waals surface area contributed by atoms with E-state index in [1.54, 1.807) is 15.5 Å². The number of hydrogen-bond donors (Lipinski definition) is 1. The number of para-hydroxylation sites is 2. The largest absolute Gasteiger partial charge is 0.476 e. The zero-order chi connectivity index (χ0) is 30.1. The van der Waals surface area contributed by atoms with Crippen LogP contribution in [0.5, 0.6) is 0 Å². The van der Waals surface area contributed by atoms with Crippen LogP contribution in [-0.2, 0) is 14.4 Å². The summed E-state index contributed by atoms with van der Waals surface area (Å²) in [7, 11) is 0. The Kier molecular flexibility index (Phi) is 8.84. The second kappa shape index (κ2) is 12.8. The van der Waals surface area contributed by atoms with Crippen molar-refractivity contribution in [3.8, 4) is 0 Å². The van der Waals surface area contributed by atoms with Crippen molar-refractivity contribution in [1.29, 1.82) is 0 Å². The molecule has 1 N–H and O–H groups in total. The minimum atomic E-state index is -1.42. The van der Waals surface area contributed by atoms with Crippen LogP contribution in [0.1, 0.15) is 96.2 Å². The molecular formula is C33H45N5O5. The summed E-state index contributed by atoms with van der Waals surface area (Å²) in [6.45, 7) is 4.31. The van der Waals surface area contributed by atoms with Gasteiger partial charge in [-0.25, -0.2) is 9.78 Å². The molecule has 1 amide bonds. The topological polar surface area (TPSA) is 117 Å². The predicted molar refractivity (Wildman–Crippen MR) is 164 cm³/mol. The van der Waals surface area contributed by atoms with Crippen LogP contribution in [0.4, 0.5) is 0 Å². The van der Waals surface area contributed by atoms with Gasteiger partial charge in [-0.15, -0.1) is 0 Å². The number of piperidine rings is 2. The summed E-state index contributed by atoms with van der Waals surface area (Å²) in [4.78, 5) is 53.0. The highest BCUT2D eigenvalue weighted by Crippen LogP contribution is 2.47. The molecule has 6 rings (SSSR count). The number of carbonyl (C=O) groups is 2. The highest BCUT2D eigenvalue weighted by atomic mass is 16.6. The second-order valence-corrected chi connectivity index (χ2v) is 13.0. The number of aromatic nitrogens is 2. The summed E-state index contributed by atoms with van der Waals surface area (Å²) in [5, 5.41) is 13.9. The normalized spacial score (nSPS) is 29.3. The monoisotopic (exact) mass is 591 g/mol. The first kappa shape index (κ1) is 29.8. The third kappa shape index (κ3) is 5.95. The molecule has 10 heteroatoms. The maximum absolute atomic E-state index is 14.2. The van der Waals surface area contributed by atoms with Gasteiger partial charge >= 0.3 is 5.97 Å². The van der Waals surface area contributed by atoms with E-state index >= 15 is 0 Å². The van der Waals surface area contributed by atoms with Crippen molar-refractivity contribution in [2.45, 2.75) is 109 Å². The van der Waals surface area contributed by atoms with Crippen molar-refractivity contribution >= 4 is 28.6 Å². The molecule has 1 aromatic heterocycles. The molecule has 4 aliphatic rings. The molecule has 4 fully saturated rings. The van der Waals surface area contributed by atoms with E-state index < -0.39 is 23.8 Å². The first-order valence-corrected chi connectivity index (χ1v) is 16.4. The van der Waals surface area contributed by atoms with Crippen LogP contribution in [0.15, 0.2) is 34.2 Å². The van der Waals surface area contributed by atoms with E-state index in [2.05, 4.69) is 15.0 Å². The van der Waals surface area contributed by atoms with Crippen molar-refractivity contribution < 1.29 is 19.5 Å². The number of carboxylic acid groups (broad SMARTS) is 1. The fourth-order valence-corrected chi connectivity index (χ4v) is 8.81. The first-order chi connectivity index (χ1) is 20.9. The summed E-state index contributed by atoms with van der Waals surface area (Å²) >= 11 is 0. The van der Waals surface area contributed by atoms with Gasteiger partial charge in [0.2, 0.25) is 5.71 Å². The lowest BCUT2D eigenvalue weighted by atomic mass is 9.68. The van der Waals surface area contributed by atoms with Crippen molar-refractivity contribution in [3.05, 3.63) is 40.3 Å². The highest BCUT2D eigenvalue weighted by Gasteiger charge is 2.45. The highest BCUT2D eigenvalue weighted by molar-refractivity contribution is 6.41. The Morgan fingerprint density at radius 1 is 0.930 bits per heavy atom. The third-order valence-corrected chi connectivity index (χ3v) is 10.6. The van der Waals surface area contributed by atoms with E-state index in [4.69, 9.17) is 4.84 Å². The Hall–Kier alpha value is -3.27. The van der Waals surface area contributed by atoms with Gasteiger partial charge < -0.3 is 19.4 Å². The number of fused-ring (bicyclic) bond motifs is 5. The molecule has 3 heterocycles. The average Bonchev–Trinajstić information content (AvgIpc) is 2.99. The van der Waals surface area contributed by atoms with Crippen LogP contribution < -0.4 is 5.56 Å². The van der Waals surface area contributed by atoms with Crippen molar-refractivity contribution in [2.24, 2.45) is 17.0 Å². The van der Waals surface area contributed by atoms with Gasteiger partial charge in [-0.05, 0) is 82.8 Å². The number of rotatable bonds is 9. The SMILES string of the molecule is CCN(CC)C(=O)CON=C(C(=O)O)c1nc2ccccc2n(C2C[C@H]3CCC[C@@H](C2)N3C2C[C@H]3CCC[C@@H](C2)C3)c1=O. The molecule has 2 unspecified atom stereocenters. The summed E-state index contributed by atoms with van der Waals surface area (Å²) < 4.78 is 1.79. The minimum Gasteiger partial charge on any atom is -0.476 e. The fourth-order valence-electron chi connectivity index (χ4n) is 8.81. The van der Waals surface area contributed by atoms with E-state index in [1.165, 1.54) is 44.9 Å². The van der Waals surface area contributed by atoms with Crippen LogP contribution >= 0.6 is 0 Å². The predicted octanol–water partition coefficient (Wildman–Crippen LogP) is 4.60. The Morgan fingerprint density at radius 3 is 2.23 bits per heavy atom. The van der Waals surface area contributed by atoms with Gasteiger partial charge in [0, 0.05) is 37.3 Å². The number of aliphatic carboxylic acids is 1. The number of oxime groups is 1. The first-order valence-electron chi connectivity index (χ1n) is 16.4. The van der Waals surface area contributed by atoms with E-state index in [-0.39, 0.29) is 17.6 Å². The molecule has 2 aliphatic heterocycles. The Bertz CT molecular complexity index is 1410. The number of nitrogens with zero attached hydrogens (tertiary/aromatic N) is 5. The quantitative estimate of drug-likeness (QED) is 0.335. The van der Waals surface area contributed by atoms with E-state index in [0.29, 0.717) is 42.2 Å². The molecular weight excluding hydrogens is 546 g/mol. The van der Waals surface area contributed by atoms with Gasteiger partial charge in [0.1, 0.15) is 0 Å². The van der Waals surface area contributed by atoms with Gasteiger partial charge in [-0.2, -0.15) is 0 Å². The van der Waals surface area contributed by atoms with E-state index in [1.807, 2.05) is 32.0 Å². The lowest BCUT2D eigenvalue weighted by Crippen LogP contribution is -2.58. The van der Waals surface area contributed by atoms with Crippen molar-refractivity contribution in [2.75, 3.05) is 19.7 Å². The van der Waals surface area contributed by atoms with Gasteiger partial charge in [0.15, 0.2) is 12.3 Å². The molecule has 0 radical (unpaired) electrons. The van der Waals surface area contributed by atoms with E-state index in [0.717, 1.165) is 37.5 Å². The molecule has 1 aromatic carbocycles. The molecule has 4 bridgehead atoms. The van der Waals surface area contributed by atoms with Crippen molar-refractivity contribution in [3.63, 3.8) is 0 Å². The number of benzene rings is 1. The average molecular weight is 592 g/mol. The molecule has 232 valence electrons. The Morgan fingerprint density at radius 2 is 1.58 bits per heavy atom. The van der Waals surface area contributed by atoms with Gasteiger partial charge in [0.25, 0.3) is 11.5 Å². The summed E-state index contributed by atoms with van der Waals surface area (Å²) in [5.41, 5.74) is -0.0556. The standard InChI is InChI=1S/C33H45N5O5/c1-3-36(4-2)29(39)20-43-35-31(33(41)42)30-32(40)38(28-14-6-5-13-27(28)34-30)26-18-23-11-8-12-24(19-26)37(23)25-16-21-9-7-10-22(15-21)17-25/h5-6,13-14,21-26H,3-4,7-12,15-20H2,1-2H3,(H,41,42)/t21-,22+,23-,24+,25?,26?. The number of amides is 1. The fraction of sp³-hybridized carbons (Fsp3) is 0.667. The summed E-state index contributed by atoms with van der Waals surface area (Å²) in [5.74, 6) is 0.00516. The maximum atomic E-state index is 14.2. The third-order valence-electron chi connectivity index (χ3n) is 10.6. The Balaban J connectivity index is 1.31. The number of carbonyl (C=O) groups excluding carboxylic acids is 1. The maximum Gasteiger partial charge on any atom is 0.360 e. The number of likely N-dealkylation sites (N-methyl/N-ethyl adjacent to an activating group) is 1. The van der Waals surface area contributed by atoms with Crippen LogP contribution in [0, 0.1) is 11.8 Å². The molecule has 43 heavy (non-hydrogen) atoms. The van der Waals surface area contributed by atoms with E-state index in [9.17, 15) is 19.5 Å². The Labute approximate surface area is 253 Å². The lowest BCUT2D eigenvalue weighted by Gasteiger charge is -2.55. The van der Waals surface area contributed by atoms with Crippen molar-refractivity contribution in [1.82, 2.24) is 19.4 Å². The van der Waals surface area contributed by atoms with Gasteiger partial charge in [0.05, 0.1) is 11.0 Å². The molecule has 2 saturated heterocycles. The zero-order valence-corrected chi connectivity index (χ0v) is 25.5. The summed E-state index contributed by atoms with van der Waals surface area (Å²) in [6, 6.07) is 8.85. The molecule has 0 spiro atoms. The number of carboxylic acids is 1. The van der Waals surface area contributed by atoms with Crippen LogP contribution in [0.25, 0.3) is 11.0 Å². The summed E-state index contributed by atoms with van der Waals surface area (Å²) in [6.07, 6.45) is 13.4. The minimum absolute atomic E-state index is 0.0611. The van der Waals surface area contributed by atoms with Crippen LogP contribution in [0.3, 0.4) is 0 Å². The molecule has 6 atom stereocenters. The zero-order valence-electron chi connectivity index (χ0n) is 25.5. The molecule has 2 aliphatic carbocycles. The van der Waals surface area contributed by atoms with Crippen LogP contribution in [0.2, 0.25) is 0 Å². The van der Waals surface area contributed by atoms with Gasteiger partial charge in [-0.1, -0.05) is 43.0 Å². The smallest absolute Gasteiger partial charge is 0.360 e. The number of hydrogen-bond acceptors (Lipinski definition) is 7. The molecule has 2 aromatic rings. The molecule has 10 nitrogen and oxygen atoms in total. The lowest BCUT2D eigenvalue weighted by molar-refractivity contribution is -0.136.